The van der Waals surface area contributed by atoms with E-state index in [9.17, 15) is 4.79 Å². The zero-order valence-electron chi connectivity index (χ0n) is 17.9. The van der Waals surface area contributed by atoms with Crippen LogP contribution in [0.4, 0.5) is 5.69 Å². The topological polar surface area (TPSA) is 41.9 Å². The first-order chi connectivity index (χ1) is 15.0. The Kier molecular flexibility index (Phi) is 6.41. The van der Waals surface area contributed by atoms with Gasteiger partial charge < -0.3 is 9.64 Å². The highest BCUT2D eigenvalue weighted by Crippen LogP contribution is 2.30. The van der Waals surface area contributed by atoms with Gasteiger partial charge in [-0.25, -0.2) is 0 Å². The summed E-state index contributed by atoms with van der Waals surface area (Å²) in [4.78, 5) is 20.2. The fraction of sp³-hybridized carbons (Fsp3) is 0.231. The first-order valence-electron chi connectivity index (χ1n) is 10.4. The van der Waals surface area contributed by atoms with Crippen LogP contribution in [0, 0.1) is 3.57 Å². The summed E-state index contributed by atoms with van der Waals surface area (Å²) in [5.41, 5.74) is 6.06. The summed E-state index contributed by atoms with van der Waals surface area (Å²) >= 11 is 2.30. The number of methoxy groups -OCH3 is 1. The molecule has 0 bridgehead atoms. The van der Waals surface area contributed by atoms with Crippen LogP contribution in [0.5, 0.6) is 5.75 Å². The van der Waals surface area contributed by atoms with Gasteiger partial charge >= 0.3 is 0 Å². The van der Waals surface area contributed by atoms with Crippen molar-refractivity contribution in [3.05, 3.63) is 92.6 Å². The van der Waals surface area contributed by atoms with Crippen LogP contribution in [0.25, 0.3) is 0 Å². The van der Waals surface area contributed by atoms with Crippen LogP contribution in [0.15, 0.2) is 71.7 Å². The predicted molar refractivity (Wildman–Crippen MR) is 135 cm³/mol. The van der Waals surface area contributed by atoms with E-state index in [2.05, 4.69) is 59.8 Å². The summed E-state index contributed by atoms with van der Waals surface area (Å²) in [6, 6.07) is 22.0. The van der Waals surface area contributed by atoms with Gasteiger partial charge in [0.25, 0.3) is 5.91 Å². The van der Waals surface area contributed by atoms with Crippen molar-refractivity contribution < 1.29 is 9.53 Å². The number of likely N-dealkylation sites (N-methyl/N-ethyl adjacent to an activating group) is 1. The molecule has 1 aliphatic rings. The second-order valence-corrected chi connectivity index (χ2v) is 8.90. The fourth-order valence-electron chi connectivity index (χ4n) is 3.92. The third-order valence-corrected chi connectivity index (χ3v) is 6.34. The Hall–Kier alpha value is -2.67. The first-order valence-corrected chi connectivity index (χ1v) is 11.5. The molecule has 1 amide bonds. The molecule has 0 aromatic heterocycles. The fourth-order valence-corrected chi connectivity index (χ4v) is 4.42. The Morgan fingerprint density at radius 2 is 1.77 bits per heavy atom. The largest absolute Gasteiger partial charge is 0.497 e. The van der Waals surface area contributed by atoms with Gasteiger partial charge in [0, 0.05) is 28.2 Å². The van der Waals surface area contributed by atoms with Crippen molar-refractivity contribution in [1.29, 1.82) is 0 Å². The number of halogens is 1. The number of rotatable bonds is 5. The molecule has 4 rings (SSSR count). The number of fused-ring (bicyclic) bond motifs is 1. The van der Waals surface area contributed by atoms with Gasteiger partial charge in [-0.2, -0.15) is 0 Å². The van der Waals surface area contributed by atoms with Crippen molar-refractivity contribution in [2.24, 2.45) is 4.99 Å². The van der Waals surface area contributed by atoms with E-state index < -0.39 is 6.04 Å². The minimum atomic E-state index is -0.487. The number of aryl methyl sites for hydroxylation is 1. The Balaban J connectivity index is 1.83. The van der Waals surface area contributed by atoms with Gasteiger partial charge in [-0.05, 0) is 82.6 Å². The van der Waals surface area contributed by atoms with Gasteiger partial charge in [-0.15, -0.1) is 0 Å². The third-order valence-electron chi connectivity index (χ3n) is 5.67. The molecule has 1 atom stereocenters. The average Bonchev–Trinajstić information content (AvgIpc) is 2.89. The lowest BCUT2D eigenvalue weighted by Gasteiger charge is -2.20. The van der Waals surface area contributed by atoms with E-state index in [0.29, 0.717) is 6.42 Å². The lowest BCUT2D eigenvalue weighted by Crippen LogP contribution is -2.36. The molecule has 1 heterocycles. The molecule has 158 valence electrons. The van der Waals surface area contributed by atoms with Crippen molar-refractivity contribution in [3.8, 4) is 5.75 Å². The lowest BCUT2D eigenvalue weighted by molar-refractivity contribution is -0.119. The van der Waals surface area contributed by atoms with Crippen LogP contribution >= 0.6 is 22.6 Å². The maximum Gasteiger partial charge on any atom is 0.251 e. The number of carbonyl (C=O) groups is 1. The van der Waals surface area contributed by atoms with Gasteiger partial charge in [0.05, 0.1) is 18.5 Å². The maximum absolute atomic E-state index is 13.4. The van der Waals surface area contributed by atoms with E-state index in [4.69, 9.17) is 9.73 Å². The molecule has 0 saturated heterocycles. The second-order valence-electron chi connectivity index (χ2n) is 7.66. The Morgan fingerprint density at radius 3 is 2.48 bits per heavy atom. The van der Waals surface area contributed by atoms with E-state index in [1.165, 1.54) is 5.56 Å². The molecule has 1 unspecified atom stereocenters. The van der Waals surface area contributed by atoms with Crippen molar-refractivity contribution in [1.82, 2.24) is 0 Å². The summed E-state index contributed by atoms with van der Waals surface area (Å²) in [6.07, 6.45) is 1.54. The Morgan fingerprint density at radius 1 is 1.03 bits per heavy atom. The van der Waals surface area contributed by atoms with Crippen LogP contribution in [0.2, 0.25) is 0 Å². The molecule has 31 heavy (non-hydrogen) atoms. The molecule has 5 heteroatoms. The summed E-state index contributed by atoms with van der Waals surface area (Å²) in [5.74, 6) is 0.801. The van der Waals surface area contributed by atoms with E-state index in [-0.39, 0.29) is 5.91 Å². The second kappa shape index (κ2) is 9.22. The molecule has 1 aliphatic heterocycles. The van der Waals surface area contributed by atoms with Crippen LogP contribution in [0.3, 0.4) is 0 Å². The summed E-state index contributed by atoms with van der Waals surface area (Å²) in [7, 11) is 3.50. The highest BCUT2D eigenvalue weighted by Gasteiger charge is 2.30. The smallest absolute Gasteiger partial charge is 0.251 e. The van der Waals surface area contributed by atoms with E-state index in [1.807, 2.05) is 43.4 Å². The number of amides is 1. The molecular weight excluding hydrogens is 499 g/mol. The highest BCUT2D eigenvalue weighted by atomic mass is 127. The van der Waals surface area contributed by atoms with Gasteiger partial charge in [0.2, 0.25) is 0 Å². The zero-order chi connectivity index (χ0) is 22.0. The number of nitrogens with zero attached hydrogens (tertiary/aromatic N) is 2. The zero-order valence-corrected chi connectivity index (χ0v) is 20.1. The van der Waals surface area contributed by atoms with E-state index in [0.717, 1.165) is 43.8 Å². The molecule has 0 radical (unpaired) electrons. The van der Waals surface area contributed by atoms with Crippen molar-refractivity contribution >= 4 is 39.9 Å². The maximum atomic E-state index is 13.4. The number of aliphatic imine (C=N–C) groups is 1. The number of anilines is 1. The van der Waals surface area contributed by atoms with Crippen molar-refractivity contribution in [3.63, 3.8) is 0 Å². The molecule has 3 aromatic carbocycles. The summed E-state index contributed by atoms with van der Waals surface area (Å²) < 4.78 is 6.43. The number of carbonyl (C=O) groups excluding carboxylic acids is 1. The van der Waals surface area contributed by atoms with Gasteiger partial charge in [-0.1, -0.05) is 31.2 Å². The molecule has 3 aromatic rings. The average molecular weight is 524 g/mol. The highest BCUT2D eigenvalue weighted by molar-refractivity contribution is 14.1. The van der Waals surface area contributed by atoms with Crippen LogP contribution in [0.1, 0.15) is 29.2 Å². The molecule has 0 spiro atoms. The summed E-state index contributed by atoms with van der Waals surface area (Å²) in [6.45, 7) is 2.14. The monoisotopic (exact) mass is 524 g/mol. The number of hydrogen-bond acceptors (Lipinski definition) is 3. The molecule has 4 nitrogen and oxygen atoms in total. The number of benzodiazepines with no additional fused rings is 1. The lowest BCUT2D eigenvalue weighted by atomic mass is 10.00. The van der Waals surface area contributed by atoms with Crippen LogP contribution in [-0.4, -0.2) is 31.8 Å². The SMILES string of the molecule is CCc1cccc(CC2N=C(c3ccc(OC)cc3)c3cc(I)ccc3N(C)C2=O)c1. The van der Waals surface area contributed by atoms with Gasteiger partial charge in [0.1, 0.15) is 11.8 Å². The van der Waals surface area contributed by atoms with Crippen molar-refractivity contribution in [2.75, 3.05) is 19.1 Å². The quantitative estimate of drug-likeness (QED) is 0.426. The predicted octanol–water partition coefficient (Wildman–Crippen LogP) is 5.29. The van der Waals surface area contributed by atoms with Gasteiger partial charge in [-0.3, -0.25) is 9.79 Å². The van der Waals surface area contributed by atoms with Crippen LogP contribution < -0.4 is 9.64 Å². The van der Waals surface area contributed by atoms with Crippen molar-refractivity contribution in [2.45, 2.75) is 25.8 Å². The molecular formula is C26H25IN2O2. The molecule has 0 fully saturated rings. The minimum Gasteiger partial charge on any atom is -0.497 e. The standard InChI is InChI=1S/C26H25IN2O2/c1-4-17-6-5-7-18(14-17)15-23-26(30)29(2)24-13-10-20(27)16-22(24)25(28-23)19-8-11-21(31-3)12-9-19/h5-14,16,23H,4,15H2,1-3H3. The Labute approximate surface area is 197 Å². The Bertz CT molecular complexity index is 1140. The van der Waals surface area contributed by atoms with E-state index in [1.54, 1.807) is 12.0 Å². The minimum absolute atomic E-state index is 0.00729. The normalized spacial score (nSPS) is 15.9. The molecule has 0 N–H and O–H groups in total. The first kappa shape index (κ1) is 21.6. The van der Waals surface area contributed by atoms with Crippen LogP contribution in [-0.2, 0) is 17.6 Å². The molecule has 0 saturated carbocycles. The number of benzene rings is 3. The molecule has 0 aliphatic carbocycles. The third kappa shape index (κ3) is 4.51. The van der Waals surface area contributed by atoms with Gasteiger partial charge in [0.15, 0.2) is 0 Å². The summed E-state index contributed by atoms with van der Waals surface area (Å²) in [5, 5.41) is 0. The van der Waals surface area contributed by atoms with E-state index >= 15 is 0 Å². The number of hydrogen-bond donors (Lipinski definition) is 0. The number of ether oxygens (including phenoxy) is 1.